The Morgan fingerprint density at radius 3 is 1.89 bits per heavy atom. The second kappa shape index (κ2) is 11.2. The van der Waals surface area contributed by atoms with Gasteiger partial charge in [-0.1, -0.05) is 6.42 Å². The minimum Gasteiger partial charge on any atom is -0.473 e. The standard InChI is InChI=1S/C16H29N3O2.C2H2O4/c20-16(19-10-12-21-13-11-19)14-17-8-4-15(5-9-17)18-6-2-1-3-7-18;3-1(4)2(5)6/h15H,1-14H2;(H,3,4)(H,5,6). The van der Waals surface area contributed by atoms with E-state index < -0.39 is 11.9 Å². The lowest BCUT2D eigenvalue weighted by Gasteiger charge is -2.40. The Balaban J connectivity index is 0.000000380. The molecule has 9 heteroatoms. The van der Waals surface area contributed by atoms with E-state index in [1.54, 1.807) is 0 Å². The molecule has 3 rings (SSSR count). The largest absolute Gasteiger partial charge is 0.473 e. The van der Waals surface area contributed by atoms with Crippen molar-refractivity contribution < 1.29 is 29.3 Å². The summed E-state index contributed by atoms with van der Waals surface area (Å²) >= 11 is 0. The van der Waals surface area contributed by atoms with E-state index in [2.05, 4.69) is 9.80 Å². The van der Waals surface area contributed by atoms with E-state index >= 15 is 0 Å². The van der Waals surface area contributed by atoms with Crippen LogP contribution in [0.15, 0.2) is 0 Å². The Hall–Kier alpha value is -1.71. The van der Waals surface area contributed by atoms with Crippen molar-refractivity contribution in [3.63, 3.8) is 0 Å². The molecule has 0 radical (unpaired) electrons. The Labute approximate surface area is 159 Å². The first-order chi connectivity index (χ1) is 13.0. The third kappa shape index (κ3) is 7.43. The van der Waals surface area contributed by atoms with Crippen LogP contribution in [0.2, 0.25) is 0 Å². The van der Waals surface area contributed by atoms with Gasteiger partial charge in [-0.25, -0.2) is 9.59 Å². The number of aliphatic carboxylic acids is 2. The summed E-state index contributed by atoms with van der Waals surface area (Å²) in [6, 6.07) is 0.764. The van der Waals surface area contributed by atoms with Gasteiger partial charge in [-0.05, 0) is 38.8 Å². The van der Waals surface area contributed by atoms with E-state index in [4.69, 9.17) is 24.5 Å². The predicted molar refractivity (Wildman–Crippen MR) is 97.6 cm³/mol. The van der Waals surface area contributed by atoms with Crippen molar-refractivity contribution >= 4 is 17.8 Å². The summed E-state index contributed by atoms with van der Waals surface area (Å²) in [5, 5.41) is 14.8. The van der Waals surface area contributed by atoms with Gasteiger partial charge in [-0.15, -0.1) is 0 Å². The third-order valence-corrected chi connectivity index (χ3v) is 5.37. The molecule has 3 aliphatic heterocycles. The van der Waals surface area contributed by atoms with Crippen LogP contribution >= 0.6 is 0 Å². The molecule has 0 spiro atoms. The zero-order valence-corrected chi connectivity index (χ0v) is 15.8. The van der Waals surface area contributed by atoms with Gasteiger partial charge in [-0.2, -0.15) is 0 Å². The number of carbonyl (C=O) groups is 3. The zero-order valence-electron chi connectivity index (χ0n) is 15.8. The number of rotatable bonds is 3. The highest BCUT2D eigenvalue weighted by Gasteiger charge is 2.27. The highest BCUT2D eigenvalue weighted by atomic mass is 16.5. The van der Waals surface area contributed by atoms with Crippen LogP contribution in [0.3, 0.4) is 0 Å². The number of likely N-dealkylation sites (tertiary alicyclic amines) is 2. The fourth-order valence-electron chi connectivity index (χ4n) is 3.83. The van der Waals surface area contributed by atoms with E-state index in [0.29, 0.717) is 19.8 Å². The van der Waals surface area contributed by atoms with Crippen LogP contribution in [-0.2, 0) is 19.1 Å². The van der Waals surface area contributed by atoms with E-state index in [0.717, 1.165) is 32.2 Å². The zero-order chi connectivity index (χ0) is 19.6. The number of morpholine rings is 1. The smallest absolute Gasteiger partial charge is 0.414 e. The molecule has 0 aliphatic carbocycles. The van der Waals surface area contributed by atoms with Gasteiger partial charge in [0.1, 0.15) is 0 Å². The first kappa shape index (κ1) is 21.6. The van der Waals surface area contributed by atoms with Crippen LogP contribution in [0.4, 0.5) is 0 Å². The lowest BCUT2D eigenvalue weighted by atomic mass is 10.00. The lowest BCUT2D eigenvalue weighted by molar-refractivity contribution is -0.159. The maximum absolute atomic E-state index is 12.3. The molecular weight excluding hydrogens is 354 g/mol. The molecule has 0 unspecified atom stereocenters. The van der Waals surface area contributed by atoms with E-state index in [1.165, 1.54) is 45.2 Å². The number of hydrogen-bond donors (Lipinski definition) is 2. The van der Waals surface area contributed by atoms with Gasteiger partial charge in [0.15, 0.2) is 0 Å². The molecule has 0 atom stereocenters. The summed E-state index contributed by atoms with van der Waals surface area (Å²) < 4.78 is 5.31. The van der Waals surface area contributed by atoms with E-state index in [9.17, 15) is 4.79 Å². The molecule has 3 heterocycles. The number of nitrogens with zero attached hydrogens (tertiary/aromatic N) is 3. The Kier molecular flexibility index (Phi) is 8.96. The van der Waals surface area contributed by atoms with Crippen LogP contribution < -0.4 is 0 Å². The average molecular weight is 385 g/mol. The van der Waals surface area contributed by atoms with Crippen molar-refractivity contribution in [3.8, 4) is 0 Å². The quantitative estimate of drug-likeness (QED) is 0.651. The molecule has 0 saturated carbocycles. The summed E-state index contributed by atoms with van der Waals surface area (Å²) in [5.74, 6) is -3.36. The third-order valence-electron chi connectivity index (χ3n) is 5.37. The SMILES string of the molecule is O=C(CN1CCC(N2CCCCC2)CC1)N1CCOCC1.O=C(O)C(=O)O. The molecule has 3 saturated heterocycles. The molecule has 3 fully saturated rings. The van der Waals surface area contributed by atoms with Crippen molar-refractivity contribution in [1.29, 1.82) is 0 Å². The molecule has 0 aromatic heterocycles. The number of amides is 1. The van der Waals surface area contributed by atoms with E-state index in [-0.39, 0.29) is 5.91 Å². The summed E-state index contributed by atoms with van der Waals surface area (Å²) in [6.45, 7) is 8.27. The molecule has 0 aromatic rings. The fraction of sp³-hybridized carbons (Fsp3) is 0.833. The van der Waals surface area contributed by atoms with Crippen molar-refractivity contribution in [1.82, 2.24) is 14.7 Å². The number of carboxylic acids is 2. The van der Waals surface area contributed by atoms with Gasteiger partial charge in [0.25, 0.3) is 0 Å². The van der Waals surface area contributed by atoms with Crippen molar-refractivity contribution in [3.05, 3.63) is 0 Å². The first-order valence-electron chi connectivity index (χ1n) is 9.75. The monoisotopic (exact) mass is 385 g/mol. The van der Waals surface area contributed by atoms with Gasteiger partial charge < -0.3 is 24.7 Å². The first-order valence-corrected chi connectivity index (χ1v) is 9.75. The van der Waals surface area contributed by atoms with Gasteiger partial charge in [0.2, 0.25) is 5.91 Å². The molecule has 9 nitrogen and oxygen atoms in total. The molecular formula is C18H31N3O6. The summed E-state index contributed by atoms with van der Waals surface area (Å²) in [5.41, 5.74) is 0. The van der Waals surface area contributed by atoms with Crippen molar-refractivity contribution in [2.24, 2.45) is 0 Å². The van der Waals surface area contributed by atoms with Crippen LogP contribution in [0.1, 0.15) is 32.1 Å². The molecule has 0 aromatic carbocycles. The molecule has 27 heavy (non-hydrogen) atoms. The number of carboxylic acid groups (broad SMARTS) is 2. The predicted octanol–water partition coefficient (Wildman–Crippen LogP) is -0.0489. The number of ether oxygens (including phenoxy) is 1. The molecule has 0 bridgehead atoms. The second-order valence-corrected chi connectivity index (χ2v) is 7.21. The van der Waals surface area contributed by atoms with Gasteiger partial charge in [0.05, 0.1) is 19.8 Å². The Morgan fingerprint density at radius 2 is 1.37 bits per heavy atom. The van der Waals surface area contributed by atoms with Crippen LogP contribution in [0.25, 0.3) is 0 Å². The normalized spacial score (nSPS) is 22.6. The van der Waals surface area contributed by atoms with Crippen LogP contribution in [-0.4, -0.2) is 108 Å². The second-order valence-electron chi connectivity index (χ2n) is 7.21. The van der Waals surface area contributed by atoms with Gasteiger partial charge >= 0.3 is 11.9 Å². The molecule has 3 aliphatic rings. The minimum atomic E-state index is -1.82. The number of hydrogen-bond acceptors (Lipinski definition) is 6. The molecule has 154 valence electrons. The van der Waals surface area contributed by atoms with Crippen molar-refractivity contribution in [2.45, 2.75) is 38.1 Å². The van der Waals surface area contributed by atoms with Crippen LogP contribution in [0, 0.1) is 0 Å². The maximum Gasteiger partial charge on any atom is 0.414 e. The minimum absolute atomic E-state index is 0.287. The van der Waals surface area contributed by atoms with Crippen molar-refractivity contribution in [2.75, 3.05) is 59.0 Å². The topological polar surface area (TPSA) is 111 Å². The highest BCUT2D eigenvalue weighted by Crippen LogP contribution is 2.20. The molecule has 1 amide bonds. The summed E-state index contributed by atoms with van der Waals surface area (Å²) in [4.78, 5) is 37.5. The number of piperidine rings is 2. The number of carbonyl (C=O) groups excluding carboxylic acids is 1. The highest BCUT2D eigenvalue weighted by molar-refractivity contribution is 6.27. The lowest BCUT2D eigenvalue weighted by Crippen LogP contribution is -2.50. The summed E-state index contributed by atoms with van der Waals surface area (Å²) in [6.07, 6.45) is 6.61. The maximum atomic E-state index is 12.3. The Bertz CT molecular complexity index is 483. The fourth-order valence-corrected chi connectivity index (χ4v) is 3.83. The molecule has 2 N–H and O–H groups in total. The Morgan fingerprint density at radius 1 is 0.815 bits per heavy atom. The van der Waals surface area contributed by atoms with Crippen LogP contribution in [0.5, 0.6) is 0 Å². The van der Waals surface area contributed by atoms with Gasteiger partial charge in [-0.3, -0.25) is 9.69 Å². The summed E-state index contributed by atoms with van der Waals surface area (Å²) in [7, 11) is 0. The van der Waals surface area contributed by atoms with Gasteiger partial charge in [0, 0.05) is 32.2 Å². The average Bonchev–Trinajstić information content (AvgIpc) is 2.70. The van der Waals surface area contributed by atoms with E-state index in [1.807, 2.05) is 4.90 Å².